The van der Waals surface area contributed by atoms with Gasteiger partial charge in [-0.25, -0.2) is 0 Å². The maximum Gasteiger partial charge on any atom is 0.482 e. The van der Waals surface area contributed by atoms with Gasteiger partial charge in [0, 0.05) is 11.5 Å². The summed E-state index contributed by atoms with van der Waals surface area (Å²) in [5.41, 5.74) is 2.75. The predicted octanol–water partition coefficient (Wildman–Crippen LogP) is -0.0389. The molecule has 0 fully saturated rings. The van der Waals surface area contributed by atoms with Crippen molar-refractivity contribution in [1.29, 1.82) is 0 Å². The summed E-state index contributed by atoms with van der Waals surface area (Å²) >= 11 is 0. The fourth-order valence-corrected chi connectivity index (χ4v) is 1.55. The fraction of sp³-hybridized carbons (Fsp3) is 0.250. The SMILES string of the molecule is O[B]O.c1cc2c3c(c1)C3COO2. The molecule has 1 unspecified atom stereocenters. The predicted molar refractivity (Wildman–Crippen MR) is 45.1 cm³/mol. The van der Waals surface area contributed by atoms with Gasteiger partial charge in [0.25, 0.3) is 0 Å². The highest BCUT2D eigenvalue weighted by Gasteiger charge is 2.40. The van der Waals surface area contributed by atoms with Crippen molar-refractivity contribution >= 4 is 7.69 Å². The van der Waals surface area contributed by atoms with E-state index in [9.17, 15) is 0 Å². The molecule has 0 saturated carbocycles. The molecule has 0 bridgehead atoms. The highest BCUT2D eigenvalue weighted by Crippen LogP contribution is 2.51. The van der Waals surface area contributed by atoms with Crippen LogP contribution in [0.1, 0.15) is 17.0 Å². The zero-order chi connectivity index (χ0) is 9.26. The fourth-order valence-electron chi connectivity index (χ4n) is 1.55. The Kier molecular flexibility index (Phi) is 2.22. The van der Waals surface area contributed by atoms with Gasteiger partial charge >= 0.3 is 7.69 Å². The molecule has 5 heteroatoms. The van der Waals surface area contributed by atoms with Crippen molar-refractivity contribution < 1.29 is 19.8 Å². The van der Waals surface area contributed by atoms with Gasteiger partial charge in [0.2, 0.25) is 0 Å². The van der Waals surface area contributed by atoms with Gasteiger partial charge in [-0.15, -0.1) is 0 Å². The maximum absolute atomic E-state index is 7.00. The first-order valence-electron chi connectivity index (χ1n) is 3.91. The van der Waals surface area contributed by atoms with E-state index in [1.54, 1.807) is 0 Å². The van der Waals surface area contributed by atoms with Gasteiger partial charge < -0.3 is 14.9 Å². The summed E-state index contributed by atoms with van der Waals surface area (Å²) in [6.07, 6.45) is 0. The molecule has 1 aromatic carbocycles. The van der Waals surface area contributed by atoms with Crippen LogP contribution in [-0.4, -0.2) is 24.3 Å². The van der Waals surface area contributed by atoms with E-state index < -0.39 is 0 Å². The number of hydrogen-bond acceptors (Lipinski definition) is 4. The van der Waals surface area contributed by atoms with Crippen molar-refractivity contribution in [2.75, 3.05) is 6.61 Å². The molecule has 1 aliphatic heterocycles. The molecule has 1 radical (unpaired) electrons. The Morgan fingerprint density at radius 3 is 2.85 bits per heavy atom. The van der Waals surface area contributed by atoms with Crippen LogP contribution in [-0.2, 0) is 4.89 Å². The number of rotatable bonds is 0. The van der Waals surface area contributed by atoms with E-state index in [4.69, 9.17) is 19.8 Å². The van der Waals surface area contributed by atoms with Crippen LogP contribution in [0.15, 0.2) is 18.2 Å². The molecule has 0 amide bonds. The third-order valence-electron chi connectivity index (χ3n) is 2.12. The normalized spacial score (nSPS) is 20.3. The average Bonchev–Trinajstić information content (AvgIpc) is 2.84. The molecule has 4 nitrogen and oxygen atoms in total. The third-order valence-corrected chi connectivity index (χ3v) is 2.12. The first-order chi connectivity index (χ1) is 6.38. The van der Waals surface area contributed by atoms with E-state index >= 15 is 0 Å². The second kappa shape index (κ2) is 3.37. The smallest absolute Gasteiger partial charge is 0.429 e. The second-order valence-electron chi connectivity index (χ2n) is 2.79. The lowest BCUT2D eigenvalue weighted by molar-refractivity contribution is -0.213. The van der Waals surface area contributed by atoms with Crippen molar-refractivity contribution in [3.8, 4) is 5.75 Å². The monoisotopic (exact) mass is 179 g/mol. The van der Waals surface area contributed by atoms with Crippen LogP contribution in [0.2, 0.25) is 0 Å². The van der Waals surface area contributed by atoms with E-state index in [0.717, 1.165) is 5.75 Å². The minimum Gasteiger partial charge on any atom is -0.429 e. The highest BCUT2D eigenvalue weighted by atomic mass is 17.2. The largest absolute Gasteiger partial charge is 0.482 e. The van der Waals surface area contributed by atoms with Gasteiger partial charge in [-0.2, -0.15) is 4.89 Å². The summed E-state index contributed by atoms with van der Waals surface area (Å²) < 4.78 is 0. The van der Waals surface area contributed by atoms with Gasteiger partial charge in [0.15, 0.2) is 5.75 Å². The van der Waals surface area contributed by atoms with Crippen LogP contribution in [0.3, 0.4) is 0 Å². The number of fused-ring (bicyclic) bond motifs is 1. The third kappa shape index (κ3) is 1.41. The average molecular weight is 179 g/mol. The van der Waals surface area contributed by atoms with Crippen molar-refractivity contribution in [2.24, 2.45) is 0 Å². The van der Waals surface area contributed by atoms with Crippen LogP contribution < -0.4 is 4.89 Å². The zero-order valence-electron chi connectivity index (χ0n) is 6.80. The number of hydrogen-bond donors (Lipinski definition) is 2. The van der Waals surface area contributed by atoms with Crippen molar-refractivity contribution in [2.45, 2.75) is 5.92 Å². The van der Waals surface area contributed by atoms with Crippen LogP contribution in [0.5, 0.6) is 5.75 Å². The minimum atomic E-state index is 0. The Morgan fingerprint density at radius 2 is 2.15 bits per heavy atom. The molecule has 0 aromatic heterocycles. The Hall–Kier alpha value is -1.04. The van der Waals surface area contributed by atoms with E-state index in [2.05, 4.69) is 6.07 Å². The molecule has 1 heterocycles. The molecule has 1 atom stereocenters. The number of benzene rings is 1. The van der Waals surface area contributed by atoms with E-state index in [1.165, 1.54) is 11.1 Å². The first kappa shape index (κ1) is 8.56. The lowest BCUT2D eigenvalue weighted by Crippen LogP contribution is -2.04. The molecule has 1 aliphatic carbocycles. The molecule has 3 rings (SSSR count). The van der Waals surface area contributed by atoms with Gasteiger partial charge in [0.1, 0.15) is 6.61 Å². The molecule has 0 spiro atoms. The minimum absolute atomic E-state index is 0. The summed E-state index contributed by atoms with van der Waals surface area (Å²) in [5, 5.41) is 14.0. The zero-order valence-corrected chi connectivity index (χ0v) is 6.80. The maximum atomic E-state index is 7.00. The molecular weight excluding hydrogens is 171 g/mol. The lowest BCUT2D eigenvalue weighted by Gasteiger charge is -2.07. The Balaban J connectivity index is 0.000000196. The molecule has 0 saturated heterocycles. The highest BCUT2D eigenvalue weighted by molar-refractivity contribution is 6.13. The molecular formula is C8H8BO4. The summed E-state index contributed by atoms with van der Waals surface area (Å²) in [7, 11) is 0. The summed E-state index contributed by atoms with van der Waals surface area (Å²) in [4.78, 5) is 9.84. The summed E-state index contributed by atoms with van der Waals surface area (Å²) in [6, 6.07) is 6.07. The molecule has 67 valence electrons. The van der Waals surface area contributed by atoms with Gasteiger partial charge in [-0.1, -0.05) is 12.1 Å². The second-order valence-corrected chi connectivity index (χ2v) is 2.79. The van der Waals surface area contributed by atoms with Crippen molar-refractivity contribution in [1.82, 2.24) is 0 Å². The van der Waals surface area contributed by atoms with Gasteiger partial charge in [0.05, 0.1) is 0 Å². The molecule has 1 aromatic rings. The van der Waals surface area contributed by atoms with Gasteiger partial charge in [-0.3, -0.25) is 0 Å². The van der Waals surface area contributed by atoms with E-state index in [0.29, 0.717) is 12.5 Å². The Bertz CT molecular complexity index is 315. The summed E-state index contributed by atoms with van der Waals surface area (Å²) in [6.45, 7) is 0.701. The van der Waals surface area contributed by atoms with Crippen LogP contribution >= 0.6 is 0 Å². The molecule has 13 heavy (non-hydrogen) atoms. The van der Waals surface area contributed by atoms with Crippen molar-refractivity contribution in [3.63, 3.8) is 0 Å². The van der Waals surface area contributed by atoms with E-state index in [1.807, 2.05) is 12.1 Å². The van der Waals surface area contributed by atoms with Crippen molar-refractivity contribution in [3.05, 3.63) is 29.3 Å². The Morgan fingerprint density at radius 1 is 1.38 bits per heavy atom. The van der Waals surface area contributed by atoms with Crippen LogP contribution in [0.4, 0.5) is 0 Å². The topological polar surface area (TPSA) is 58.9 Å². The van der Waals surface area contributed by atoms with Gasteiger partial charge in [-0.05, 0) is 11.6 Å². The standard InChI is InChI=1S/C8H6O2.BH2O2/c1-2-5-6-4-9-10-7(3-1)8(5)6;2-1-3/h1-3,6H,4H2;2-3H. The first-order valence-corrected chi connectivity index (χ1v) is 3.91. The molecule has 2 N–H and O–H groups in total. The van der Waals surface area contributed by atoms with Crippen LogP contribution in [0.25, 0.3) is 0 Å². The van der Waals surface area contributed by atoms with E-state index in [-0.39, 0.29) is 7.69 Å². The van der Waals surface area contributed by atoms with Crippen LogP contribution in [0, 0.1) is 0 Å². The molecule has 2 aliphatic rings. The summed E-state index contributed by atoms with van der Waals surface area (Å²) in [5.74, 6) is 1.47. The quantitative estimate of drug-likeness (QED) is 0.433. The Labute approximate surface area is 76.0 Å². The lowest BCUT2D eigenvalue weighted by atomic mass is 10.3.